The third-order valence-electron chi connectivity index (χ3n) is 8.61. The van der Waals surface area contributed by atoms with Crippen LogP contribution in [0.4, 0.5) is 0 Å². The van der Waals surface area contributed by atoms with Gasteiger partial charge in [0.2, 0.25) is 0 Å². The van der Waals surface area contributed by atoms with Gasteiger partial charge in [-0.05, 0) is 43.5 Å². The van der Waals surface area contributed by atoms with Crippen LogP contribution >= 0.6 is 0 Å². The zero-order chi connectivity index (χ0) is 31.5. The van der Waals surface area contributed by atoms with Crippen LogP contribution in [0.1, 0.15) is 135 Å². The van der Waals surface area contributed by atoms with Crippen molar-refractivity contribution in [1.82, 2.24) is 9.80 Å². The van der Waals surface area contributed by atoms with Crippen LogP contribution < -0.4 is 9.47 Å². The second-order valence-electron chi connectivity index (χ2n) is 12.6. The fraction of sp³-hybridized carbons (Fsp3) is 0.811. The number of benzene rings is 1. The molecule has 0 atom stereocenters. The van der Waals surface area contributed by atoms with E-state index < -0.39 is 0 Å². The lowest BCUT2D eigenvalue weighted by molar-refractivity contribution is -0.145. The highest BCUT2D eigenvalue weighted by Crippen LogP contribution is 2.25. The Hall–Kier alpha value is -1.83. The van der Waals surface area contributed by atoms with E-state index in [4.69, 9.17) is 19.3 Å². The number of hydrogen-bond donors (Lipinski definition) is 1. The summed E-state index contributed by atoms with van der Waals surface area (Å²) in [7, 11) is 0. The fourth-order valence-corrected chi connectivity index (χ4v) is 5.79. The lowest BCUT2D eigenvalue weighted by Gasteiger charge is -2.34. The molecule has 0 spiro atoms. The van der Waals surface area contributed by atoms with Crippen molar-refractivity contribution >= 4 is 5.97 Å². The molecule has 0 aromatic heterocycles. The number of β-amino-alcohol motifs (C(OH)–C–C–N with tert-alkyl or cyclic N) is 1. The number of piperazine rings is 1. The van der Waals surface area contributed by atoms with Crippen molar-refractivity contribution in [2.45, 2.75) is 136 Å². The molecule has 44 heavy (non-hydrogen) atoms. The van der Waals surface area contributed by atoms with Crippen molar-refractivity contribution in [2.75, 3.05) is 59.1 Å². The van der Waals surface area contributed by atoms with Gasteiger partial charge in [-0.2, -0.15) is 0 Å². The van der Waals surface area contributed by atoms with Gasteiger partial charge < -0.3 is 24.2 Å². The summed E-state index contributed by atoms with van der Waals surface area (Å²) in [5, 5.41) is 9.12. The zero-order valence-electron chi connectivity index (χ0n) is 28.5. The number of ether oxygens (including phenoxy) is 3. The van der Waals surface area contributed by atoms with Gasteiger partial charge >= 0.3 is 5.97 Å². The quantitative estimate of drug-likeness (QED) is 0.0750. The van der Waals surface area contributed by atoms with Crippen LogP contribution in [-0.4, -0.2) is 80.0 Å². The molecule has 0 unspecified atom stereocenters. The van der Waals surface area contributed by atoms with Crippen LogP contribution in [0.2, 0.25) is 0 Å². The van der Waals surface area contributed by atoms with Crippen molar-refractivity contribution in [1.29, 1.82) is 0 Å². The van der Waals surface area contributed by atoms with Crippen molar-refractivity contribution in [3.05, 3.63) is 23.8 Å². The molecule has 1 saturated heterocycles. The molecule has 1 fully saturated rings. The lowest BCUT2D eigenvalue weighted by atomic mass is 10.1. The molecule has 1 aromatic rings. The maximum Gasteiger partial charge on any atom is 0.306 e. The minimum absolute atomic E-state index is 0.157. The van der Waals surface area contributed by atoms with Crippen LogP contribution in [0.3, 0.4) is 0 Å². The average molecular weight is 619 g/mol. The highest BCUT2D eigenvalue weighted by atomic mass is 16.5. The number of rotatable bonds is 28. The topological polar surface area (TPSA) is 71.5 Å². The van der Waals surface area contributed by atoms with E-state index in [1.165, 1.54) is 89.9 Å². The van der Waals surface area contributed by atoms with Crippen LogP contribution in [0.25, 0.3) is 0 Å². The molecular formula is C37H66N2O5. The molecule has 2 rings (SSSR count). The van der Waals surface area contributed by atoms with Gasteiger partial charge in [-0.1, -0.05) is 104 Å². The standard InChI is InChI=1S/C37H66N2O5/c1-3-5-7-9-11-12-14-16-18-29-43-36-31-34(30-35(32-36)42-28-17-15-13-10-8-6-4-2)33-44-37(41)20-19-21-38-22-24-39(25-23-38)26-27-40/h30-32,40H,3-29,33H2,1-2H3. The van der Waals surface area contributed by atoms with E-state index in [2.05, 4.69) is 23.6 Å². The largest absolute Gasteiger partial charge is 0.493 e. The number of carbonyl (C=O) groups is 1. The number of carbonyl (C=O) groups excluding carboxylic acids is 1. The number of aliphatic hydroxyl groups is 1. The van der Waals surface area contributed by atoms with Gasteiger partial charge in [-0.25, -0.2) is 0 Å². The van der Waals surface area contributed by atoms with Gasteiger partial charge in [-0.3, -0.25) is 9.69 Å². The van der Waals surface area contributed by atoms with E-state index in [9.17, 15) is 4.79 Å². The summed E-state index contributed by atoms with van der Waals surface area (Å²) in [6.45, 7) is 12.0. The monoisotopic (exact) mass is 618 g/mol. The Kier molecular flexibility index (Phi) is 23.0. The summed E-state index contributed by atoms with van der Waals surface area (Å²) >= 11 is 0. The van der Waals surface area contributed by atoms with E-state index in [0.717, 1.165) is 75.6 Å². The first-order valence-electron chi connectivity index (χ1n) is 18.2. The molecule has 7 heteroatoms. The maximum atomic E-state index is 12.5. The summed E-state index contributed by atoms with van der Waals surface area (Å²) in [6, 6.07) is 5.97. The average Bonchev–Trinajstić information content (AvgIpc) is 3.03. The third-order valence-corrected chi connectivity index (χ3v) is 8.61. The van der Waals surface area contributed by atoms with Crippen LogP contribution in [-0.2, 0) is 16.1 Å². The predicted octanol–water partition coefficient (Wildman–Crippen LogP) is 8.16. The first-order chi connectivity index (χ1) is 21.6. The van der Waals surface area contributed by atoms with Gasteiger partial charge in [-0.15, -0.1) is 0 Å². The van der Waals surface area contributed by atoms with Crippen molar-refractivity contribution < 1.29 is 24.1 Å². The second-order valence-corrected chi connectivity index (χ2v) is 12.6. The van der Waals surface area contributed by atoms with Crippen LogP contribution in [0.15, 0.2) is 18.2 Å². The van der Waals surface area contributed by atoms with E-state index in [1.54, 1.807) is 0 Å². The smallest absolute Gasteiger partial charge is 0.306 e. The summed E-state index contributed by atoms with van der Waals surface area (Å²) in [4.78, 5) is 17.2. The Labute approximate surface area is 270 Å². The Morgan fingerprint density at radius 2 is 1.09 bits per heavy atom. The number of unbranched alkanes of at least 4 members (excludes halogenated alkanes) is 14. The molecule has 1 N–H and O–H groups in total. The molecule has 0 aliphatic carbocycles. The molecule has 0 saturated carbocycles. The third kappa shape index (κ3) is 19.5. The fourth-order valence-electron chi connectivity index (χ4n) is 5.79. The van der Waals surface area contributed by atoms with E-state index in [0.29, 0.717) is 19.6 Å². The molecule has 0 amide bonds. The molecule has 0 bridgehead atoms. The summed E-state index contributed by atoms with van der Waals surface area (Å²) in [6.07, 6.45) is 21.6. The summed E-state index contributed by atoms with van der Waals surface area (Å²) in [5.41, 5.74) is 0.914. The molecule has 1 aromatic carbocycles. The highest BCUT2D eigenvalue weighted by molar-refractivity contribution is 5.69. The Balaban J connectivity index is 1.74. The van der Waals surface area contributed by atoms with E-state index in [-0.39, 0.29) is 19.2 Å². The predicted molar refractivity (Wildman–Crippen MR) is 182 cm³/mol. The molecule has 0 radical (unpaired) electrons. The summed E-state index contributed by atoms with van der Waals surface area (Å²) < 4.78 is 17.9. The Morgan fingerprint density at radius 1 is 0.636 bits per heavy atom. The van der Waals surface area contributed by atoms with E-state index in [1.807, 2.05) is 18.2 Å². The normalized spacial score (nSPS) is 14.2. The minimum Gasteiger partial charge on any atom is -0.493 e. The van der Waals surface area contributed by atoms with Gasteiger partial charge in [0.1, 0.15) is 18.1 Å². The van der Waals surface area contributed by atoms with Gasteiger partial charge in [0.15, 0.2) is 0 Å². The van der Waals surface area contributed by atoms with Crippen molar-refractivity contribution in [3.8, 4) is 11.5 Å². The Morgan fingerprint density at radius 3 is 1.57 bits per heavy atom. The molecule has 1 aliphatic heterocycles. The zero-order valence-corrected chi connectivity index (χ0v) is 28.5. The van der Waals surface area contributed by atoms with Crippen LogP contribution in [0, 0.1) is 0 Å². The first-order valence-corrected chi connectivity index (χ1v) is 18.2. The summed E-state index contributed by atoms with van der Waals surface area (Å²) in [5.74, 6) is 1.44. The molecular weight excluding hydrogens is 552 g/mol. The first kappa shape index (κ1) is 38.4. The molecule has 1 aliphatic rings. The minimum atomic E-state index is -0.157. The molecule has 1 heterocycles. The molecule has 7 nitrogen and oxygen atoms in total. The van der Waals surface area contributed by atoms with Crippen molar-refractivity contribution in [3.63, 3.8) is 0 Å². The van der Waals surface area contributed by atoms with Crippen molar-refractivity contribution in [2.24, 2.45) is 0 Å². The lowest BCUT2D eigenvalue weighted by Crippen LogP contribution is -2.47. The van der Waals surface area contributed by atoms with Crippen LogP contribution in [0.5, 0.6) is 11.5 Å². The SMILES string of the molecule is CCCCCCCCCCCOc1cc(COC(=O)CCCN2CCN(CCO)CC2)cc(OCCCCCCCCC)c1. The number of esters is 1. The number of hydrogen-bond acceptors (Lipinski definition) is 7. The second kappa shape index (κ2) is 26.4. The van der Waals surface area contributed by atoms with E-state index >= 15 is 0 Å². The molecule has 254 valence electrons. The van der Waals surface area contributed by atoms with Gasteiger partial charge in [0, 0.05) is 45.2 Å². The number of aliphatic hydroxyl groups excluding tert-OH is 1. The highest BCUT2D eigenvalue weighted by Gasteiger charge is 2.16. The number of nitrogens with zero attached hydrogens (tertiary/aromatic N) is 2. The van der Waals surface area contributed by atoms with Gasteiger partial charge in [0.05, 0.1) is 19.8 Å². The maximum absolute atomic E-state index is 12.5. The van der Waals surface area contributed by atoms with Gasteiger partial charge in [0.25, 0.3) is 0 Å². The Bertz CT molecular complexity index is 828.